The number of carbonyl (C=O) groups excluding carboxylic acids is 1. The van der Waals surface area contributed by atoms with E-state index in [0.717, 1.165) is 5.56 Å². The number of benzene rings is 1. The van der Waals surface area contributed by atoms with E-state index >= 15 is 0 Å². The maximum atomic E-state index is 11.9. The van der Waals surface area contributed by atoms with Crippen LogP contribution in [0, 0.1) is 0 Å². The lowest BCUT2D eigenvalue weighted by atomic mass is 10.1. The van der Waals surface area contributed by atoms with Gasteiger partial charge in [-0.15, -0.1) is 11.3 Å². The monoisotopic (exact) mass is 281 g/mol. The molecule has 6 heteroatoms. The molecule has 1 unspecified atom stereocenters. The maximum Gasteiger partial charge on any atom is 0.271 e. The summed E-state index contributed by atoms with van der Waals surface area (Å²) in [6.07, 6.45) is 0. The summed E-state index contributed by atoms with van der Waals surface area (Å²) in [4.78, 5) is 15.8. The van der Waals surface area contributed by atoms with Crippen LogP contribution in [0.1, 0.15) is 29.0 Å². The van der Waals surface area contributed by atoms with Gasteiger partial charge in [0.15, 0.2) is 5.13 Å². The molecule has 1 amide bonds. The van der Waals surface area contributed by atoms with Gasteiger partial charge in [0.05, 0.1) is 6.04 Å². The Morgan fingerprint density at radius 1 is 1.56 bits per heavy atom. The highest BCUT2D eigenvalue weighted by Crippen LogP contribution is 2.18. The van der Waals surface area contributed by atoms with Crippen molar-refractivity contribution in [1.29, 1.82) is 0 Å². The molecule has 4 nitrogen and oxygen atoms in total. The van der Waals surface area contributed by atoms with Crippen molar-refractivity contribution in [3.63, 3.8) is 0 Å². The van der Waals surface area contributed by atoms with Crippen molar-refractivity contribution < 1.29 is 4.79 Å². The summed E-state index contributed by atoms with van der Waals surface area (Å²) in [5.41, 5.74) is 6.77. The Morgan fingerprint density at radius 3 is 2.94 bits per heavy atom. The Kier molecular flexibility index (Phi) is 3.84. The van der Waals surface area contributed by atoms with E-state index in [1.165, 1.54) is 11.3 Å². The van der Waals surface area contributed by atoms with Crippen LogP contribution < -0.4 is 11.1 Å². The quantitative estimate of drug-likeness (QED) is 0.909. The molecule has 18 heavy (non-hydrogen) atoms. The van der Waals surface area contributed by atoms with Crippen molar-refractivity contribution in [2.45, 2.75) is 13.0 Å². The third-order valence-corrected chi connectivity index (χ3v) is 3.36. The number of carbonyl (C=O) groups is 1. The van der Waals surface area contributed by atoms with Crippen LogP contribution in [0.25, 0.3) is 0 Å². The van der Waals surface area contributed by atoms with Crippen LogP contribution in [0.2, 0.25) is 5.02 Å². The second-order valence-corrected chi connectivity index (χ2v) is 5.15. The standard InChI is InChI=1S/C12H12ClN3OS/c1-7(8-3-2-4-9(13)5-8)15-11(17)10-6-18-12(14)16-10/h2-7H,1H3,(H2,14,16)(H,15,17). The number of rotatable bonds is 3. The van der Waals surface area contributed by atoms with Crippen molar-refractivity contribution in [3.8, 4) is 0 Å². The fourth-order valence-corrected chi connectivity index (χ4v) is 2.26. The molecule has 2 aromatic rings. The Hall–Kier alpha value is -1.59. The number of amides is 1. The van der Waals surface area contributed by atoms with Gasteiger partial charge in [0.25, 0.3) is 5.91 Å². The number of hydrogen-bond acceptors (Lipinski definition) is 4. The SMILES string of the molecule is CC(NC(=O)c1csc(N)n1)c1cccc(Cl)c1. The molecular weight excluding hydrogens is 270 g/mol. The number of thiazole rings is 1. The molecule has 0 saturated carbocycles. The van der Waals surface area contributed by atoms with Crippen LogP contribution in [0.15, 0.2) is 29.6 Å². The van der Waals surface area contributed by atoms with Crippen molar-refractivity contribution in [1.82, 2.24) is 10.3 Å². The van der Waals surface area contributed by atoms with Crippen molar-refractivity contribution >= 4 is 34.0 Å². The number of aromatic nitrogens is 1. The van der Waals surface area contributed by atoms with Crippen LogP contribution in [-0.2, 0) is 0 Å². The maximum absolute atomic E-state index is 11.9. The fourth-order valence-electron chi connectivity index (χ4n) is 1.52. The van der Waals surface area contributed by atoms with Crippen LogP contribution in [0.4, 0.5) is 5.13 Å². The van der Waals surface area contributed by atoms with Gasteiger partial charge in [-0.25, -0.2) is 4.98 Å². The average molecular weight is 282 g/mol. The lowest BCUT2D eigenvalue weighted by molar-refractivity contribution is 0.0935. The number of halogens is 1. The van der Waals surface area contributed by atoms with Gasteiger partial charge in [0.1, 0.15) is 5.69 Å². The first kappa shape index (κ1) is 12.9. The summed E-state index contributed by atoms with van der Waals surface area (Å²) in [5.74, 6) is -0.240. The van der Waals surface area contributed by atoms with Crippen molar-refractivity contribution in [2.75, 3.05) is 5.73 Å². The second kappa shape index (κ2) is 5.37. The molecule has 0 radical (unpaired) electrons. The van der Waals surface area contributed by atoms with E-state index in [1.54, 1.807) is 11.4 Å². The first-order valence-corrected chi connectivity index (χ1v) is 6.59. The molecule has 1 aromatic heterocycles. The van der Waals surface area contributed by atoms with Gasteiger partial charge in [0.2, 0.25) is 0 Å². The molecular formula is C12H12ClN3OS. The van der Waals surface area contributed by atoms with Gasteiger partial charge in [-0.1, -0.05) is 23.7 Å². The lowest BCUT2D eigenvalue weighted by Crippen LogP contribution is -2.26. The van der Waals surface area contributed by atoms with E-state index in [-0.39, 0.29) is 11.9 Å². The molecule has 94 valence electrons. The zero-order valence-corrected chi connectivity index (χ0v) is 11.3. The van der Waals surface area contributed by atoms with Gasteiger partial charge in [-0.3, -0.25) is 4.79 Å². The van der Waals surface area contributed by atoms with Crippen LogP contribution >= 0.6 is 22.9 Å². The van der Waals surface area contributed by atoms with Gasteiger partial charge in [-0.2, -0.15) is 0 Å². The summed E-state index contributed by atoms with van der Waals surface area (Å²) < 4.78 is 0. The second-order valence-electron chi connectivity index (χ2n) is 3.82. The number of nitrogens with zero attached hydrogens (tertiary/aromatic N) is 1. The van der Waals surface area contributed by atoms with Crippen LogP contribution in [0.5, 0.6) is 0 Å². The molecule has 3 N–H and O–H groups in total. The van der Waals surface area contributed by atoms with Crippen LogP contribution in [0.3, 0.4) is 0 Å². The van der Waals surface area contributed by atoms with Gasteiger partial charge in [-0.05, 0) is 24.6 Å². The highest BCUT2D eigenvalue weighted by atomic mass is 35.5. The molecule has 0 aliphatic carbocycles. The minimum atomic E-state index is -0.240. The number of nitrogens with two attached hydrogens (primary N) is 1. The third kappa shape index (κ3) is 3.00. The number of nitrogens with one attached hydrogen (secondary N) is 1. The largest absolute Gasteiger partial charge is 0.375 e. The lowest BCUT2D eigenvalue weighted by Gasteiger charge is -2.13. The summed E-state index contributed by atoms with van der Waals surface area (Å²) in [6.45, 7) is 1.89. The molecule has 0 spiro atoms. The molecule has 0 aliphatic heterocycles. The molecule has 0 bridgehead atoms. The summed E-state index contributed by atoms with van der Waals surface area (Å²) in [7, 11) is 0. The topological polar surface area (TPSA) is 68.0 Å². The molecule has 0 aliphatic rings. The number of hydrogen-bond donors (Lipinski definition) is 2. The number of nitrogen functional groups attached to an aromatic ring is 1. The first-order valence-electron chi connectivity index (χ1n) is 5.33. The predicted octanol–water partition coefficient (Wildman–Crippen LogP) is 2.87. The average Bonchev–Trinajstić information content (AvgIpc) is 2.76. The van der Waals surface area contributed by atoms with Crippen LogP contribution in [-0.4, -0.2) is 10.9 Å². The minimum absolute atomic E-state index is 0.140. The number of anilines is 1. The molecule has 0 saturated heterocycles. The van der Waals surface area contributed by atoms with E-state index in [2.05, 4.69) is 10.3 Å². The Morgan fingerprint density at radius 2 is 2.33 bits per heavy atom. The summed E-state index contributed by atoms with van der Waals surface area (Å²) in [5, 5.41) is 5.51. The Balaban J connectivity index is 2.07. The van der Waals surface area contributed by atoms with Crippen molar-refractivity contribution in [3.05, 3.63) is 45.9 Å². The van der Waals surface area contributed by atoms with Gasteiger partial charge < -0.3 is 11.1 Å². The highest BCUT2D eigenvalue weighted by Gasteiger charge is 2.14. The first-order chi connectivity index (χ1) is 8.56. The summed E-state index contributed by atoms with van der Waals surface area (Å²) in [6, 6.07) is 7.23. The van der Waals surface area contributed by atoms with Gasteiger partial charge in [0, 0.05) is 10.4 Å². The molecule has 1 aromatic carbocycles. The van der Waals surface area contributed by atoms with E-state index in [4.69, 9.17) is 17.3 Å². The third-order valence-electron chi connectivity index (χ3n) is 2.45. The zero-order chi connectivity index (χ0) is 13.1. The van der Waals surface area contributed by atoms with E-state index < -0.39 is 0 Å². The smallest absolute Gasteiger partial charge is 0.271 e. The minimum Gasteiger partial charge on any atom is -0.375 e. The van der Waals surface area contributed by atoms with E-state index in [9.17, 15) is 4.79 Å². The van der Waals surface area contributed by atoms with Crippen molar-refractivity contribution in [2.24, 2.45) is 0 Å². The predicted molar refractivity (Wildman–Crippen MR) is 73.9 cm³/mol. The fraction of sp³-hybridized carbons (Fsp3) is 0.167. The molecule has 1 heterocycles. The Bertz CT molecular complexity index is 570. The van der Waals surface area contributed by atoms with E-state index in [0.29, 0.717) is 15.8 Å². The zero-order valence-electron chi connectivity index (χ0n) is 9.68. The molecule has 1 atom stereocenters. The normalized spacial score (nSPS) is 12.1. The molecule has 0 fully saturated rings. The molecule has 2 rings (SSSR count). The highest BCUT2D eigenvalue weighted by molar-refractivity contribution is 7.13. The van der Waals surface area contributed by atoms with E-state index in [1.807, 2.05) is 25.1 Å². The summed E-state index contributed by atoms with van der Waals surface area (Å²) >= 11 is 7.15. The Labute approximate surface area is 114 Å². The van der Waals surface area contributed by atoms with Gasteiger partial charge >= 0.3 is 0 Å².